The molecule has 1 aliphatic heterocycles. The zero-order chi connectivity index (χ0) is 15.4. The Bertz CT molecular complexity index is 744. The van der Waals surface area contributed by atoms with Crippen LogP contribution in [0.1, 0.15) is 11.1 Å². The molecule has 1 heterocycles. The number of benzene rings is 2. The molecule has 0 spiro atoms. The maximum atomic E-state index is 5.31. The highest BCUT2D eigenvalue weighted by atomic mass is 79.9. The molecule has 0 fully saturated rings. The Labute approximate surface area is 136 Å². The lowest BCUT2D eigenvalue weighted by Gasteiger charge is -2.03. The fourth-order valence-corrected chi connectivity index (χ4v) is 2.37. The van der Waals surface area contributed by atoms with Crippen LogP contribution < -0.4 is 14.2 Å². The van der Waals surface area contributed by atoms with Crippen LogP contribution in [0.3, 0.4) is 0 Å². The normalized spacial score (nSPS) is 13.2. The molecule has 3 rings (SSSR count). The first-order valence-electron chi connectivity index (χ1n) is 6.56. The Morgan fingerprint density at radius 3 is 2.73 bits per heavy atom. The molecule has 0 aromatic heterocycles. The summed E-state index contributed by atoms with van der Waals surface area (Å²) in [6.07, 6.45) is 3.30. The van der Waals surface area contributed by atoms with E-state index in [0.717, 1.165) is 32.8 Å². The summed E-state index contributed by atoms with van der Waals surface area (Å²) in [4.78, 5) is 0. The second-order valence-corrected chi connectivity index (χ2v) is 5.40. The van der Waals surface area contributed by atoms with Crippen molar-refractivity contribution in [2.24, 2.45) is 10.2 Å². The second-order valence-electron chi connectivity index (χ2n) is 4.49. The van der Waals surface area contributed by atoms with Crippen molar-refractivity contribution >= 4 is 28.4 Å². The molecule has 6 heteroatoms. The van der Waals surface area contributed by atoms with E-state index in [9.17, 15) is 0 Å². The minimum Gasteiger partial charge on any atom is -0.496 e. The molecule has 2 aromatic carbocycles. The summed E-state index contributed by atoms with van der Waals surface area (Å²) < 4.78 is 16.8. The van der Waals surface area contributed by atoms with Gasteiger partial charge in [-0.2, -0.15) is 10.2 Å². The van der Waals surface area contributed by atoms with Gasteiger partial charge in [0, 0.05) is 10.0 Å². The Hall–Kier alpha value is -2.34. The van der Waals surface area contributed by atoms with E-state index in [4.69, 9.17) is 14.2 Å². The highest BCUT2D eigenvalue weighted by Gasteiger charge is 2.12. The molecule has 22 heavy (non-hydrogen) atoms. The monoisotopic (exact) mass is 360 g/mol. The SMILES string of the molecule is COc1ccc(Br)cc1C=NN=Cc1ccc2c(c1)OCO2. The van der Waals surface area contributed by atoms with Crippen molar-refractivity contribution in [3.8, 4) is 17.2 Å². The van der Waals surface area contributed by atoms with Gasteiger partial charge in [-0.15, -0.1) is 0 Å². The van der Waals surface area contributed by atoms with Gasteiger partial charge in [0.1, 0.15) is 5.75 Å². The molecule has 112 valence electrons. The molecule has 0 bridgehead atoms. The highest BCUT2D eigenvalue weighted by Crippen LogP contribution is 2.32. The van der Waals surface area contributed by atoms with Crippen LogP contribution in [0.4, 0.5) is 0 Å². The third-order valence-corrected chi connectivity index (χ3v) is 3.55. The van der Waals surface area contributed by atoms with Crippen LogP contribution in [0, 0.1) is 0 Å². The molecule has 0 amide bonds. The average molecular weight is 361 g/mol. The summed E-state index contributed by atoms with van der Waals surface area (Å²) in [7, 11) is 1.62. The first-order chi connectivity index (χ1) is 10.8. The lowest BCUT2D eigenvalue weighted by atomic mass is 10.2. The third kappa shape index (κ3) is 3.28. The van der Waals surface area contributed by atoms with E-state index in [-0.39, 0.29) is 6.79 Å². The highest BCUT2D eigenvalue weighted by molar-refractivity contribution is 9.10. The molecule has 5 nitrogen and oxygen atoms in total. The third-order valence-electron chi connectivity index (χ3n) is 3.06. The summed E-state index contributed by atoms with van der Waals surface area (Å²) in [5, 5.41) is 8.10. The van der Waals surface area contributed by atoms with Crippen molar-refractivity contribution in [1.29, 1.82) is 0 Å². The number of ether oxygens (including phenoxy) is 3. The fourth-order valence-electron chi connectivity index (χ4n) is 2.00. The molecular weight excluding hydrogens is 348 g/mol. The maximum Gasteiger partial charge on any atom is 0.231 e. The summed E-state index contributed by atoms with van der Waals surface area (Å²) in [6.45, 7) is 0.261. The number of methoxy groups -OCH3 is 1. The van der Waals surface area contributed by atoms with Gasteiger partial charge in [-0.25, -0.2) is 0 Å². The minimum absolute atomic E-state index is 0.261. The number of hydrogen-bond acceptors (Lipinski definition) is 5. The second kappa shape index (κ2) is 6.62. The minimum atomic E-state index is 0.261. The van der Waals surface area contributed by atoms with Crippen LogP contribution in [-0.2, 0) is 0 Å². The largest absolute Gasteiger partial charge is 0.496 e. The molecule has 0 saturated carbocycles. The Morgan fingerprint density at radius 1 is 1.05 bits per heavy atom. The van der Waals surface area contributed by atoms with Crippen molar-refractivity contribution < 1.29 is 14.2 Å². The fraction of sp³-hybridized carbons (Fsp3) is 0.125. The van der Waals surface area contributed by atoms with Crippen LogP contribution in [0.15, 0.2) is 51.1 Å². The molecular formula is C16H13BrN2O3. The molecule has 0 radical (unpaired) electrons. The molecule has 0 saturated heterocycles. The van der Waals surface area contributed by atoms with E-state index in [1.54, 1.807) is 19.5 Å². The zero-order valence-electron chi connectivity index (χ0n) is 11.8. The molecule has 0 unspecified atom stereocenters. The molecule has 1 aliphatic rings. The summed E-state index contributed by atoms with van der Waals surface area (Å²) in [5.74, 6) is 2.21. The van der Waals surface area contributed by atoms with Gasteiger partial charge in [-0.3, -0.25) is 0 Å². The van der Waals surface area contributed by atoms with Crippen molar-refractivity contribution in [2.75, 3.05) is 13.9 Å². The van der Waals surface area contributed by atoms with E-state index in [1.165, 1.54) is 0 Å². The summed E-state index contributed by atoms with van der Waals surface area (Å²) in [6, 6.07) is 11.3. The maximum absolute atomic E-state index is 5.31. The van der Waals surface area contributed by atoms with Crippen molar-refractivity contribution in [1.82, 2.24) is 0 Å². The average Bonchev–Trinajstić information content (AvgIpc) is 2.99. The molecule has 2 aromatic rings. The Kier molecular flexibility index (Phi) is 4.39. The van der Waals surface area contributed by atoms with E-state index >= 15 is 0 Å². The lowest BCUT2D eigenvalue weighted by Crippen LogP contribution is -1.92. The predicted molar refractivity (Wildman–Crippen MR) is 88.4 cm³/mol. The Balaban J connectivity index is 1.73. The summed E-state index contributed by atoms with van der Waals surface area (Å²) >= 11 is 3.42. The smallest absolute Gasteiger partial charge is 0.231 e. The number of rotatable bonds is 4. The molecule has 0 aliphatic carbocycles. The van der Waals surface area contributed by atoms with E-state index in [1.807, 2.05) is 36.4 Å². The van der Waals surface area contributed by atoms with Crippen molar-refractivity contribution in [2.45, 2.75) is 0 Å². The van der Waals surface area contributed by atoms with Gasteiger partial charge in [0.25, 0.3) is 0 Å². The van der Waals surface area contributed by atoms with Crippen LogP contribution in [0.5, 0.6) is 17.2 Å². The van der Waals surface area contributed by atoms with Gasteiger partial charge in [0.05, 0.1) is 19.5 Å². The van der Waals surface area contributed by atoms with Gasteiger partial charge in [-0.1, -0.05) is 15.9 Å². The van der Waals surface area contributed by atoms with Crippen LogP contribution in [0.25, 0.3) is 0 Å². The van der Waals surface area contributed by atoms with E-state index in [2.05, 4.69) is 26.1 Å². The first kappa shape index (κ1) is 14.6. The van der Waals surface area contributed by atoms with E-state index in [0.29, 0.717) is 0 Å². The van der Waals surface area contributed by atoms with E-state index < -0.39 is 0 Å². The van der Waals surface area contributed by atoms with Gasteiger partial charge in [0.15, 0.2) is 11.5 Å². The van der Waals surface area contributed by atoms with Crippen LogP contribution in [0.2, 0.25) is 0 Å². The number of fused-ring (bicyclic) bond motifs is 1. The van der Waals surface area contributed by atoms with Crippen LogP contribution in [-0.4, -0.2) is 26.3 Å². The van der Waals surface area contributed by atoms with Gasteiger partial charge >= 0.3 is 0 Å². The quantitative estimate of drug-likeness (QED) is 0.617. The standard InChI is InChI=1S/C16H13BrN2O3/c1-20-14-5-3-13(17)7-12(14)9-19-18-8-11-2-4-15-16(6-11)22-10-21-15/h2-9H,10H2,1H3. The number of hydrogen-bond donors (Lipinski definition) is 0. The predicted octanol–water partition coefficient (Wildman–Crippen LogP) is 3.64. The lowest BCUT2D eigenvalue weighted by molar-refractivity contribution is 0.174. The number of nitrogens with zero attached hydrogens (tertiary/aromatic N) is 2. The van der Waals surface area contributed by atoms with Crippen molar-refractivity contribution in [3.05, 3.63) is 52.0 Å². The molecule has 0 N–H and O–H groups in total. The van der Waals surface area contributed by atoms with Gasteiger partial charge in [0.2, 0.25) is 6.79 Å². The van der Waals surface area contributed by atoms with Crippen molar-refractivity contribution in [3.63, 3.8) is 0 Å². The molecule has 0 atom stereocenters. The van der Waals surface area contributed by atoms with Gasteiger partial charge in [-0.05, 0) is 42.0 Å². The first-order valence-corrected chi connectivity index (χ1v) is 7.35. The summed E-state index contributed by atoms with van der Waals surface area (Å²) in [5.41, 5.74) is 1.74. The Morgan fingerprint density at radius 2 is 1.86 bits per heavy atom. The van der Waals surface area contributed by atoms with Crippen LogP contribution >= 0.6 is 15.9 Å². The number of halogens is 1. The van der Waals surface area contributed by atoms with Gasteiger partial charge < -0.3 is 14.2 Å². The zero-order valence-corrected chi connectivity index (χ0v) is 13.4. The topological polar surface area (TPSA) is 52.4 Å².